The van der Waals surface area contributed by atoms with Crippen LogP contribution in [0.5, 0.6) is 11.5 Å². The van der Waals surface area contributed by atoms with Crippen molar-refractivity contribution >= 4 is 59.0 Å². The normalized spacial score (nSPS) is 10.3. The molecule has 2 aromatic rings. The lowest BCUT2D eigenvalue weighted by atomic mass is 10.1. The van der Waals surface area contributed by atoms with Gasteiger partial charge in [-0.1, -0.05) is 25.7 Å². The summed E-state index contributed by atoms with van der Waals surface area (Å²) in [4.78, 5) is 94.0. The van der Waals surface area contributed by atoms with E-state index >= 15 is 0 Å². The Morgan fingerprint density at radius 1 is 0.500 bits per heavy atom. The quantitative estimate of drug-likeness (QED) is 0.119. The summed E-state index contributed by atoms with van der Waals surface area (Å²) >= 11 is 0. The number of esters is 6. The minimum Gasteiger partial charge on any atom is -0.426 e. The Morgan fingerprint density at radius 2 is 0.848 bits per heavy atom. The van der Waals surface area contributed by atoms with Crippen molar-refractivity contribution in [2.24, 2.45) is 0 Å². The maximum atomic E-state index is 12.4. The van der Waals surface area contributed by atoms with Crippen LogP contribution in [0.15, 0.2) is 36.4 Å². The van der Waals surface area contributed by atoms with Gasteiger partial charge in [-0.25, -0.2) is 9.59 Å². The largest absolute Gasteiger partial charge is 0.426 e. The van der Waals surface area contributed by atoms with E-state index in [1.165, 1.54) is 36.4 Å². The fourth-order valence-electron chi connectivity index (χ4n) is 4.11. The molecule has 46 heavy (non-hydrogen) atoms. The fourth-order valence-corrected chi connectivity index (χ4v) is 4.11. The topological polar surface area (TPSA) is 198 Å². The number of rotatable bonds is 15. The molecule has 2 N–H and O–H groups in total. The van der Waals surface area contributed by atoms with Gasteiger partial charge in [0.25, 0.3) is 0 Å². The van der Waals surface area contributed by atoms with E-state index in [0.29, 0.717) is 24.2 Å². The number of benzene rings is 2. The lowest BCUT2D eigenvalue weighted by Crippen LogP contribution is -2.15. The van der Waals surface area contributed by atoms with Crippen LogP contribution in [-0.2, 0) is 38.2 Å². The number of carbonyl (C=O) groups is 8. The number of amides is 2. The van der Waals surface area contributed by atoms with Crippen LogP contribution in [0.25, 0.3) is 0 Å². The molecule has 246 valence electrons. The first-order valence-electron chi connectivity index (χ1n) is 14.4. The third-order valence-corrected chi connectivity index (χ3v) is 6.01. The van der Waals surface area contributed by atoms with Gasteiger partial charge in [-0.2, -0.15) is 0 Å². The van der Waals surface area contributed by atoms with E-state index in [1.54, 1.807) is 0 Å². The van der Waals surface area contributed by atoms with Crippen molar-refractivity contribution in [3.8, 4) is 11.5 Å². The molecule has 0 saturated carbocycles. The van der Waals surface area contributed by atoms with Crippen molar-refractivity contribution in [1.29, 1.82) is 0 Å². The van der Waals surface area contributed by atoms with Crippen molar-refractivity contribution in [3.63, 3.8) is 0 Å². The summed E-state index contributed by atoms with van der Waals surface area (Å²) in [7, 11) is 0. The van der Waals surface area contributed by atoms with Gasteiger partial charge in [0.2, 0.25) is 11.8 Å². The van der Waals surface area contributed by atoms with Crippen molar-refractivity contribution in [1.82, 2.24) is 0 Å². The van der Waals surface area contributed by atoms with Crippen LogP contribution in [-0.4, -0.2) is 47.6 Å². The molecule has 0 radical (unpaired) electrons. The Morgan fingerprint density at radius 3 is 1.17 bits per heavy atom. The van der Waals surface area contributed by atoms with Crippen LogP contribution in [0.1, 0.15) is 99.8 Å². The third-order valence-electron chi connectivity index (χ3n) is 6.01. The van der Waals surface area contributed by atoms with Crippen molar-refractivity contribution < 1.29 is 57.3 Å². The molecular formula is C32H36N2O12. The van der Waals surface area contributed by atoms with Crippen LogP contribution >= 0.6 is 0 Å². The van der Waals surface area contributed by atoms with Gasteiger partial charge in [0.05, 0.1) is 0 Å². The highest BCUT2D eigenvalue weighted by molar-refractivity contribution is 6.01. The number of ether oxygens (including phenoxy) is 4. The van der Waals surface area contributed by atoms with Gasteiger partial charge in [-0.05, 0) is 37.1 Å². The van der Waals surface area contributed by atoms with Gasteiger partial charge >= 0.3 is 35.8 Å². The molecule has 2 rings (SSSR count). The Hall–Kier alpha value is -5.40. The second-order valence-electron chi connectivity index (χ2n) is 10.1. The Kier molecular flexibility index (Phi) is 14.7. The molecule has 0 spiro atoms. The molecule has 0 saturated heterocycles. The average molecular weight is 641 g/mol. The highest BCUT2D eigenvalue weighted by Gasteiger charge is 2.20. The Balaban J connectivity index is 1.72. The molecule has 0 heterocycles. The zero-order valence-electron chi connectivity index (χ0n) is 26.0. The van der Waals surface area contributed by atoms with E-state index in [0.717, 1.165) is 53.4 Å². The zero-order valence-corrected chi connectivity index (χ0v) is 26.0. The number of unbranched alkanes of at least 4 members (excludes halogenated alkanes) is 5. The lowest BCUT2D eigenvalue weighted by Gasteiger charge is -2.11. The molecule has 0 aliphatic rings. The SMILES string of the molecule is CC(=O)OC(=O)c1ccc(NC(=O)CCCCCCCCC(=O)Nc2ccc(C(=O)OC(C)=O)c(OC(C)=O)c2)cc1OC(C)=O. The van der Waals surface area contributed by atoms with Crippen molar-refractivity contribution in [2.45, 2.75) is 79.1 Å². The lowest BCUT2D eigenvalue weighted by molar-refractivity contribution is -0.136. The predicted molar refractivity (Wildman–Crippen MR) is 162 cm³/mol. The van der Waals surface area contributed by atoms with E-state index in [2.05, 4.69) is 20.1 Å². The smallest absolute Gasteiger partial charge is 0.349 e. The summed E-state index contributed by atoms with van der Waals surface area (Å²) in [5.74, 6) is -5.86. The summed E-state index contributed by atoms with van der Waals surface area (Å²) < 4.78 is 19.1. The minimum absolute atomic E-state index is 0.140. The zero-order chi connectivity index (χ0) is 34.2. The fraction of sp³-hybridized carbons (Fsp3) is 0.375. The standard InChI is InChI=1S/C32H36N2O12/c1-19(35)43-27-17-23(13-15-25(27)31(41)45-21(3)37)33-29(39)11-9-7-5-6-8-10-12-30(40)34-24-14-16-26(32(42)46-22(4)38)28(18-24)44-20(2)36/h13-18H,5-12H2,1-4H3,(H,33,39)(H,34,40). The predicted octanol–water partition coefficient (Wildman–Crippen LogP) is 4.64. The van der Waals surface area contributed by atoms with Crippen LogP contribution in [0, 0.1) is 0 Å². The van der Waals surface area contributed by atoms with Gasteiger partial charge in [0.15, 0.2) is 0 Å². The van der Waals surface area contributed by atoms with E-state index in [9.17, 15) is 38.4 Å². The molecule has 0 atom stereocenters. The van der Waals surface area contributed by atoms with E-state index < -0.39 is 35.8 Å². The number of carbonyl (C=O) groups excluding carboxylic acids is 8. The Labute approximate surface area is 265 Å². The second-order valence-corrected chi connectivity index (χ2v) is 10.1. The summed E-state index contributed by atoms with van der Waals surface area (Å²) in [5, 5.41) is 5.36. The second kappa shape index (κ2) is 18.4. The first kappa shape index (κ1) is 36.8. The first-order valence-corrected chi connectivity index (χ1v) is 14.4. The summed E-state index contributed by atoms with van der Waals surface area (Å²) in [6.45, 7) is 4.42. The van der Waals surface area contributed by atoms with E-state index in [-0.39, 0.29) is 47.3 Å². The molecule has 0 bridgehead atoms. The molecule has 0 unspecified atom stereocenters. The van der Waals surface area contributed by atoms with Gasteiger partial charge in [-0.3, -0.25) is 28.8 Å². The maximum Gasteiger partial charge on any atom is 0.349 e. The van der Waals surface area contributed by atoms with Crippen LogP contribution < -0.4 is 20.1 Å². The minimum atomic E-state index is -0.986. The highest BCUT2D eigenvalue weighted by Crippen LogP contribution is 2.26. The van der Waals surface area contributed by atoms with Gasteiger partial charge in [-0.15, -0.1) is 0 Å². The number of hydrogen-bond acceptors (Lipinski definition) is 12. The van der Waals surface area contributed by atoms with Crippen molar-refractivity contribution in [3.05, 3.63) is 47.5 Å². The third kappa shape index (κ3) is 13.5. The Bertz CT molecular complexity index is 1390. The number of anilines is 2. The molecule has 0 aliphatic heterocycles. The maximum absolute atomic E-state index is 12.4. The van der Waals surface area contributed by atoms with Gasteiger partial charge in [0.1, 0.15) is 22.6 Å². The average Bonchev–Trinajstić information content (AvgIpc) is 2.93. The highest BCUT2D eigenvalue weighted by atomic mass is 16.6. The molecule has 14 heteroatoms. The van der Waals surface area contributed by atoms with Crippen LogP contribution in [0.4, 0.5) is 11.4 Å². The number of nitrogens with one attached hydrogen (secondary N) is 2. The molecule has 0 aliphatic carbocycles. The monoisotopic (exact) mass is 640 g/mol. The van der Waals surface area contributed by atoms with E-state index in [4.69, 9.17) is 9.47 Å². The molecule has 2 amide bonds. The first-order chi connectivity index (χ1) is 21.7. The van der Waals surface area contributed by atoms with E-state index in [1.807, 2.05) is 0 Å². The summed E-state index contributed by atoms with van der Waals surface area (Å²) in [6, 6.07) is 8.02. The summed E-state index contributed by atoms with van der Waals surface area (Å²) in [5.41, 5.74) is 0.318. The molecule has 0 aromatic heterocycles. The number of hydrogen-bond donors (Lipinski definition) is 2. The van der Waals surface area contributed by atoms with Crippen LogP contribution in [0.3, 0.4) is 0 Å². The molecule has 0 fully saturated rings. The van der Waals surface area contributed by atoms with Crippen molar-refractivity contribution in [2.75, 3.05) is 10.6 Å². The molecular weight excluding hydrogens is 604 g/mol. The summed E-state index contributed by atoms with van der Waals surface area (Å²) in [6.07, 6.45) is 4.97. The van der Waals surface area contributed by atoms with Gasteiger partial charge in [0, 0.05) is 64.0 Å². The van der Waals surface area contributed by atoms with Crippen LogP contribution in [0.2, 0.25) is 0 Å². The molecule has 14 nitrogen and oxygen atoms in total. The molecule has 2 aromatic carbocycles. The van der Waals surface area contributed by atoms with Gasteiger partial charge < -0.3 is 29.6 Å².